The van der Waals surface area contributed by atoms with Crippen LogP contribution < -0.4 is 5.01 Å². The Kier molecular flexibility index (Phi) is 2.63. The molecule has 2 rings (SSSR count). The Morgan fingerprint density at radius 1 is 1.27 bits per heavy atom. The molecule has 0 radical (unpaired) electrons. The highest BCUT2D eigenvalue weighted by Crippen LogP contribution is 2.18. The summed E-state index contributed by atoms with van der Waals surface area (Å²) < 4.78 is 0.656. The van der Waals surface area contributed by atoms with Crippen molar-refractivity contribution >= 4 is 27.5 Å². The van der Waals surface area contributed by atoms with Crippen molar-refractivity contribution in [2.75, 3.05) is 7.05 Å². The summed E-state index contributed by atoms with van der Waals surface area (Å²) in [6.45, 7) is 1.93. The molecule has 1 aromatic rings. The third kappa shape index (κ3) is 1.60. The number of carbonyl (C=O) groups excluding carboxylic acids is 1. The summed E-state index contributed by atoms with van der Waals surface area (Å²) in [7, 11) is 1.91. The van der Waals surface area contributed by atoms with Crippen LogP contribution in [0.1, 0.15) is 6.92 Å². The summed E-state index contributed by atoms with van der Waals surface area (Å²) in [6, 6.07) is 9.71. The van der Waals surface area contributed by atoms with Crippen LogP contribution >= 0.6 is 15.9 Å². The molecule has 78 valence electrons. The van der Waals surface area contributed by atoms with E-state index >= 15 is 0 Å². The maximum Gasteiger partial charge on any atom is 0.382 e. The van der Waals surface area contributed by atoms with E-state index in [-0.39, 0.29) is 5.91 Å². The normalized spacial score (nSPS) is 21.4. The number of quaternary nitrogens is 1. The fraction of sp³-hybridized carbons (Fsp3) is 0.182. The zero-order valence-corrected chi connectivity index (χ0v) is 10.2. The Labute approximate surface area is 97.1 Å². The standard InChI is InChI=1S/C11H11BrN2O/c1-8-10(12)11(15)14(13(8)2)9-6-4-3-5-7-9/h3-7H,1-2H3/p+1. The van der Waals surface area contributed by atoms with Gasteiger partial charge < -0.3 is 0 Å². The molecular formula is C11H12BrN2O+. The largest absolute Gasteiger partial charge is 0.382 e. The van der Waals surface area contributed by atoms with Gasteiger partial charge in [-0.3, -0.25) is 0 Å². The number of para-hydroxylation sites is 1. The molecule has 1 atom stereocenters. The van der Waals surface area contributed by atoms with E-state index in [4.69, 9.17) is 0 Å². The molecule has 1 heterocycles. The first-order chi connectivity index (χ1) is 7.13. The number of halogens is 1. The second-order valence-corrected chi connectivity index (χ2v) is 4.30. The number of carbonyl (C=O) groups is 1. The van der Waals surface area contributed by atoms with Gasteiger partial charge in [0.2, 0.25) is 0 Å². The number of nitrogens with zero attached hydrogens (tertiary/aromatic N) is 1. The van der Waals surface area contributed by atoms with Crippen LogP contribution in [0.5, 0.6) is 0 Å². The molecule has 1 aliphatic heterocycles. The molecular weight excluding hydrogens is 256 g/mol. The van der Waals surface area contributed by atoms with Crippen LogP contribution in [0, 0.1) is 0 Å². The topological polar surface area (TPSA) is 24.8 Å². The zero-order valence-electron chi connectivity index (χ0n) is 8.62. The number of amides is 1. The van der Waals surface area contributed by atoms with Crippen LogP contribution in [-0.4, -0.2) is 18.0 Å². The number of nitrogens with one attached hydrogen (secondary N) is 1. The molecule has 1 N–H and O–H groups in total. The van der Waals surface area contributed by atoms with Gasteiger partial charge in [0.1, 0.15) is 4.48 Å². The molecule has 0 spiro atoms. The van der Waals surface area contributed by atoms with Gasteiger partial charge >= 0.3 is 5.91 Å². The predicted octanol–water partition coefficient (Wildman–Crippen LogP) is 1.22. The summed E-state index contributed by atoms with van der Waals surface area (Å²) in [5.41, 5.74) is 1.91. The molecule has 1 amide bonds. The van der Waals surface area contributed by atoms with Crippen molar-refractivity contribution in [3.63, 3.8) is 0 Å². The highest BCUT2D eigenvalue weighted by molar-refractivity contribution is 9.12. The SMILES string of the molecule is CC1=C(Br)C(=O)[NH+](c2ccccc2)N1C. The van der Waals surface area contributed by atoms with Crippen molar-refractivity contribution in [1.82, 2.24) is 5.01 Å². The smallest absolute Gasteiger partial charge is 0.222 e. The van der Waals surface area contributed by atoms with Crippen LogP contribution in [0.4, 0.5) is 5.69 Å². The van der Waals surface area contributed by atoms with Gasteiger partial charge in [-0.15, -0.1) is 5.01 Å². The molecule has 0 aliphatic carbocycles. The van der Waals surface area contributed by atoms with E-state index in [2.05, 4.69) is 15.9 Å². The lowest BCUT2D eigenvalue weighted by atomic mass is 10.3. The van der Waals surface area contributed by atoms with Crippen molar-refractivity contribution in [1.29, 1.82) is 0 Å². The lowest BCUT2D eigenvalue weighted by molar-refractivity contribution is -0.866. The van der Waals surface area contributed by atoms with Crippen molar-refractivity contribution in [3.05, 3.63) is 40.5 Å². The molecule has 3 nitrogen and oxygen atoms in total. The van der Waals surface area contributed by atoms with E-state index in [1.165, 1.54) is 0 Å². The second kappa shape index (κ2) is 3.79. The third-order valence-corrected chi connectivity index (χ3v) is 3.55. The van der Waals surface area contributed by atoms with Crippen LogP contribution in [0.3, 0.4) is 0 Å². The van der Waals surface area contributed by atoms with E-state index in [0.717, 1.165) is 16.4 Å². The number of hydrogen-bond donors (Lipinski definition) is 1. The van der Waals surface area contributed by atoms with Gasteiger partial charge in [-0.25, -0.2) is 9.80 Å². The highest BCUT2D eigenvalue weighted by atomic mass is 79.9. The number of hydrogen-bond acceptors (Lipinski definition) is 2. The maximum absolute atomic E-state index is 11.9. The first kappa shape index (κ1) is 10.4. The zero-order chi connectivity index (χ0) is 11.0. The van der Waals surface area contributed by atoms with Crippen molar-refractivity contribution < 1.29 is 9.80 Å². The molecule has 0 bridgehead atoms. The minimum absolute atomic E-state index is 0.0567. The summed E-state index contributed by atoms with van der Waals surface area (Å²) in [6.07, 6.45) is 0. The van der Waals surface area contributed by atoms with Crippen LogP contribution in [0.2, 0.25) is 0 Å². The molecule has 0 saturated heterocycles. The Bertz CT molecular complexity index is 427. The number of benzene rings is 1. The lowest BCUT2D eigenvalue weighted by Gasteiger charge is -2.20. The van der Waals surface area contributed by atoms with E-state index in [9.17, 15) is 4.79 Å². The summed E-state index contributed by atoms with van der Waals surface area (Å²) in [4.78, 5) is 11.9. The van der Waals surface area contributed by atoms with Crippen LogP contribution in [-0.2, 0) is 4.79 Å². The Hall–Kier alpha value is -1.13. The lowest BCUT2D eigenvalue weighted by Crippen LogP contribution is -3.13. The van der Waals surface area contributed by atoms with Gasteiger partial charge in [-0.1, -0.05) is 18.2 Å². The molecule has 1 unspecified atom stereocenters. The fourth-order valence-electron chi connectivity index (χ4n) is 1.66. The van der Waals surface area contributed by atoms with E-state index in [1.54, 1.807) is 0 Å². The third-order valence-electron chi connectivity index (χ3n) is 2.62. The second-order valence-electron chi connectivity index (χ2n) is 3.50. The number of allylic oxidation sites excluding steroid dienone is 1. The Morgan fingerprint density at radius 3 is 2.33 bits per heavy atom. The first-order valence-corrected chi connectivity index (χ1v) is 5.49. The molecule has 4 heteroatoms. The average molecular weight is 268 g/mol. The van der Waals surface area contributed by atoms with Gasteiger partial charge in [-0.2, -0.15) is 0 Å². The minimum atomic E-state index is 0.0567. The van der Waals surface area contributed by atoms with Crippen molar-refractivity contribution in [2.24, 2.45) is 0 Å². The summed E-state index contributed by atoms with van der Waals surface area (Å²) in [5, 5.41) is 2.65. The molecule has 0 aromatic heterocycles. The van der Waals surface area contributed by atoms with E-state index in [0.29, 0.717) is 4.48 Å². The van der Waals surface area contributed by atoms with Gasteiger partial charge in [-0.05, 0) is 22.9 Å². The quantitative estimate of drug-likeness (QED) is 0.828. The molecule has 1 aromatic carbocycles. The average Bonchev–Trinajstić information content (AvgIpc) is 2.45. The predicted molar refractivity (Wildman–Crippen MR) is 61.5 cm³/mol. The molecule has 15 heavy (non-hydrogen) atoms. The summed E-state index contributed by atoms with van der Waals surface area (Å²) in [5.74, 6) is 0.0567. The minimum Gasteiger partial charge on any atom is -0.222 e. The van der Waals surface area contributed by atoms with Gasteiger partial charge in [0.15, 0.2) is 5.69 Å². The molecule has 0 fully saturated rings. The maximum atomic E-state index is 11.9. The van der Waals surface area contributed by atoms with Crippen LogP contribution in [0.25, 0.3) is 0 Å². The first-order valence-electron chi connectivity index (χ1n) is 4.70. The Balaban J connectivity index is 2.39. The monoisotopic (exact) mass is 267 g/mol. The highest BCUT2D eigenvalue weighted by Gasteiger charge is 2.38. The van der Waals surface area contributed by atoms with Crippen LogP contribution in [0.15, 0.2) is 40.5 Å². The van der Waals surface area contributed by atoms with Crippen molar-refractivity contribution in [2.45, 2.75) is 6.92 Å². The number of rotatable bonds is 1. The summed E-state index contributed by atoms with van der Waals surface area (Å²) >= 11 is 3.31. The Morgan fingerprint density at radius 2 is 1.87 bits per heavy atom. The van der Waals surface area contributed by atoms with E-state index < -0.39 is 0 Å². The van der Waals surface area contributed by atoms with Gasteiger partial charge in [0.25, 0.3) is 0 Å². The van der Waals surface area contributed by atoms with E-state index in [1.807, 2.05) is 49.3 Å². The van der Waals surface area contributed by atoms with Gasteiger partial charge in [0.05, 0.1) is 12.7 Å². The van der Waals surface area contributed by atoms with Gasteiger partial charge in [0, 0.05) is 12.1 Å². The molecule has 0 saturated carbocycles. The molecule has 1 aliphatic rings. The van der Waals surface area contributed by atoms with Crippen molar-refractivity contribution in [3.8, 4) is 0 Å². The fourth-order valence-corrected chi connectivity index (χ4v) is 2.11.